The molecular weight excluding hydrogens is 234 g/mol. The highest BCUT2D eigenvalue weighted by molar-refractivity contribution is 7.18. The maximum Gasteiger partial charge on any atom is 0.259 e. The van der Waals surface area contributed by atoms with E-state index in [1.165, 1.54) is 17.7 Å². The number of nitrogens with zero attached hydrogens (tertiary/aromatic N) is 1. The lowest BCUT2D eigenvalue weighted by Gasteiger charge is -2.21. The number of thiophene rings is 1. The molecule has 0 bridgehead atoms. The second-order valence-electron chi connectivity index (χ2n) is 4.56. The Hall–Kier alpha value is -1.20. The second kappa shape index (κ2) is 4.23. The number of piperidine rings is 1. The molecule has 5 heteroatoms. The zero-order valence-electron chi connectivity index (χ0n) is 9.75. The van der Waals surface area contributed by atoms with Gasteiger partial charge in [0.25, 0.3) is 5.56 Å². The van der Waals surface area contributed by atoms with Crippen LogP contribution in [0.1, 0.15) is 29.5 Å². The van der Waals surface area contributed by atoms with Crippen LogP contribution in [0, 0.1) is 6.92 Å². The van der Waals surface area contributed by atoms with E-state index in [1.54, 1.807) is 11.3 Å². The summed E-state index contributed by atoms with van der Waals surface area (Å²) < 4.78 is 0. The fourth-order valence-corrected chi connectivity index (χ4v) is 3.57. The summed E-state index contributed by atoms with van der Waals surface area (Å²) in [4.78, 5) is 21.1. The molecule has 1 saturated heterocycles. The molecule has 1 aliphatic rings. The van der Waals surface area contributed by atoms with Gasteiger partial charge in [-0.1, -0.05) is 0 Å². The Bertz CT molecular complexity index is 595. The minimum atomic E-state index is -0.0150. The Morgan fingerprint density at radius 1 is 1.53 bits per heavy atom. The number of aromatic amines is 1. The quantitative estimate of drug-likeness (QED) is 0.809. The molecule has 0 radical (unpaired) electrons. The number of hydrogen-bond acceptors (Lipinski definition) is 4. The Labute approximate surface area is 103 Å². The Morgan fingerprint density at radius 3 is 3.18 bits per heavy atom. The largest absolute Gasteiger partial charge is 0.316 e. The van der Waals surface area contributed by atoms with E-state index in [4.69, 9.17) is 0 Å². The van der Waals surface area contributed by atoms with E-state index in [0.717, 1.165) is 23.3 Å². The van der Waals surface area contributed by atoms with E-state index in [-0.39, 0.29) is 5.56 Å². The summed E-state index contributed by atoms with van der Waals surface area (Å²) in [7, 11) is 0. The van der Waals surface area contributed by atoms with Crippen LogP contribution in [0.25, 0.3) is 10.2 Å². The van der Waals surface area contributed by atoms with E-state index in [9.17, 15) is 4.79 Å². The first-order valence-electron chi connectivity index (χ1n) is 5.95. The molecule has 0 amide bonds. The van der Waals surface area contributed by atoms with Crippen LogP contribution < -0.4 is 10.9 Å². The predicted molar refractivity (Wildman–Crippen MR) is 69.8 cm³/mol. The van der Waals surface area contributed by atoms with E-state index >= 15 is 0 Å². The molecule has 0 aliphatic carbocycles. The standard InChI is InChI=1S/C12H15N3OS/c1-7-14-11(16)9-5-10(17-12(9)15-7)8-3-2-4-13-6-8/h5,8,13H,2-4,6H2,1H3,(H,14,15,16). The third-order valence-corrected chi connectivity index (χ3v) is 4.43. The van der Waals surface area contributed by atoms with E-state index in [2.05, 4.69) is 15.3 Å². The van der Waals surface area contributed by atoms with Crippen LogP contribution in [0.2, 0.25) is 0 Å². The van der Waals surface area contributed by atoms with Crippen LogP contribution in [0.5, 0.6) is 0 Å². The highest BCUT2D eigenvalue weighted by Gasteiger charge is 2.18. The highest BCUT2D eigenvalue weighted by Crippen LogP contribution is 2.31. The number of aromatic nitrogens is 2. The monoisotopic (exact) mass is 249 g/mol. The molecule has 0 saturated carbocycles. The molecule has 0 aromatic carbocycles. The summed E-state index contributed by atoms with van der Waals surface area (Å²) in [6.45, 7) is 3.95. The van der Waals surface area contributed by atoms with Crippen molar-refractivity contribution in [1.82, 2.24) is 15.3 Å². The fourth-order valence-electron chi connectivity index (χ4n) is 2.35. The maximum atomic E-state index is 11.8. The topological polar surface area (TPSA) is 57.8 Å². The second-order valence-corrected chi connectivity index (χ2v) is 5.62. The molecule has 1 aliphatic heterocycles. The molecule has 3 heterocycles. The van der Waals surface area contributed by atoms with Crippen molar-refractivity contribution in [3.63, 3.8) is 0 Å². The van der Waals surface area contributed by atoms with Crippen molar-refractivity contribution < 1.29 is 0 Å². The lowest BCUT2D eigenvalue weighted by Crippen LogP contribution is -2.27. The fraction of sp³-hybridized carbons (Fsp3) is 0.500. The smallest absolute Gasteiger partial charge is 0.259 e. The number of fused-ring (bicyclic) bond motifs is 1. The first-order chi connectivity index (χ1) is 8.24. The molecule has 4 nitrogen and oxygen atoms in total. The van der Waals surface area contributed by atoms with Crippen LogP contribution in [0.4, 0.5) is 0 Å². The summed E-state index contributed by atoms with van der Waals surface area (Å²) in [6.07, 6.45) is 2.42. The third-order valence-electron chi connectivity index (χ3n) is 3.24. The molecule has 2 aromatic rings. The average Bonchev–Trinajstić information content (AvgIpc) is 2.74. The Kier molecular flexibility index (Phi) is 2.72. The van der Waals surface area contributed by atoms with Gasteiger partial charge in [-0.2, -0.15) is 0 Å². The lowest BCUT2D eigenvalue weighted by atomic mass is 9.98. The summed E-state index contributed by atoms with van der Waals surface area (Å²) in [5.74, 6) is 1.24. The molecular formula is C12H15N3OS. The molecule has 90 valence electrons. The number of aryl methyl sites for hydroxylation is 1. The minimum Gasteiger partial charge on any atom is -0.316 e. The van der Waals surface area contributed by atoms with Gasteiger partial charge in [0, 0.05) is 17.3 Å². The van der Waals surface area contributed by atoms with Crippen molar-refractivity contribution in [3.8, 4) is 0 Å². The molecule has 1 unspecified atom stereocenters. The number of hydrogen-bond donors (Lipinski definition) is 2. The van der Waals surface area contributed by atoms with Gasteiger partial charge in [0.15, 0.2) is 0 Å². The molecule has 2 N–H and O–H groups in total. The molecule has 3 rings (SSSR count). The molecule has 17 heavy (non-hydrogen) atoms. The van der Waals surface area contributed by atoms with Crippen LogP contribution in [0.3, 0.4) is 0 Å². The van der Waals surface area contributed by atoms with Crippen LogP contribution in [0.15, 0.2) is 10.9 Å². The number of H-pyrrole nitrogens is 1. The van der Waals surface area contributed by atoms with Crippen molar-refractivity contribution in [2.45, 2.75) is 25.7 Å². The van der Waals surface area contributed by atoms with E-state index in [1.807, 2.05) is 13.0 Å². The minimum absolute atomic E-state index is 0.0150. The van der Waals surface area contributed by atoms with E-state index < -0.39 is 0 Å². The highest BCUT2D eigenvalue weighted by atomic mass is 32.1. The van der Waals surface area contributed by atoms with Gasteiger partial charge < -0.3 is 10.3 Å². The van der Waals surface area contributed by atoms with Crippen LogP contribution in [-0.4, -0.2) is 23.1 Å². The first kappa shape index (κ1) is 10.9. The normalized spacial score (nSPS) is 20.9. The van der Waals surface area contributed by atoms with Crippen molar-refractivity contribution >= 4 is 21.6 Å². The van der Waals surface area contributed by atoms with Crippen LogP contribution >= 0.6 is 11.3 Å². The van der Waals surface area contributed by atoms with Gasteiger partial charge in [-0.25, -0.2) is 4.98 Å². The zero-order valence-corrected chi connectivity index (χ0v) is 10.6. The van der Waals surface area contributed by atoms with E-state index in [0.29, 0.717) is 11.7 Å². The summed E-state index contributed by atoms with van der Waals surface area (Å²) in [5, 5.41) is 4.14. The first-order valence-corrected chi connectivity index (χ1v) is 6.77. The van der Waals surface area contributed by atoms with Gasteiger partial charge in [0.1, 0.15) is 10.7 Å². The van der Waals surface area contributed by atoms with Gasteiger partial charge >= 0.3 is 0 Å². The van der Waals surface area contributed by atoms with Crippen molar-refractivity contribution in [3.05, 3.63) is 27.1 Å². The molecule has 1 fully saturated rings. The van der Waals surface area contributed by atoms with Crippen molar-refractivity contribution in [2.24, 2.45) is 0 Å². The molecule has 1 atom stereocenters. The Morgan fingerprint density at radius 2 is 2.41 bits per heavy atom. The number of rotatable bonds is 1. The summed E-state index contributed by atoms with van der Waals surface area (Å²) in [6, 6.07) is 2.02. The lowest BCUT2D eigenvalue weighted by molar-refractivity contribution is 0.466. The number of nitrogens with one attached hydrogen (secondary N) is 2. The van der Waals surface area contributed by atoms with Crippen molar-refractivity contribution in [1.29, 1.82) is 0 Å². The van der Waals surface area contributed by atoms with Crippen molar-refractivity contribution in [2.75, 3.05) is 13.1 Å². The molecule has 0 spiro atoms. The molecule has 2 aromatic heterocycles. The summed E-state index contributed by atoms with van der Waals surface area (Å²) in [5.41, 5.74) is -0.0150. The van der Waals surface area contributed by atoms with Gasteiger partial charge in [-0.3, -0.25) is 4.79 Å². The maximum absolute atomic E-state index is 11.8. The van der Waals surface area contributed by atoms with Gasteiger partial charge in [-0.15, -0.1) is 11.3 Å². The third kappa shape index (κ3) is 2.00. The van der Waals surface area contributed by atoms with Crippen LogP contribution in [-0.2, 0) is 0 Å². The summed E-state index contributed by atoms with van der Waals surface area (Å²) >= 11 is 1.66. The predicted octanol–water partition coefficient (Wildman–Crippen LogP) is 1.76. The average molecular weight is 249 g/mol. The SMILES string of the molecule is Cc1nc2sc(C3CCCNC3)cc2c(=O)[nH]1. The van der Waals surface area contributed by atoms with Gasteiger partial charge in [0.2, 0.25) is 0 Å². The van der Waals surface area contributed by atoms with Gasteiger partial charge in [-0.05, 0) is 32.4 Å². The zero-order chi connectivity index (χ0) is 11.8. The van der Waals surface area contributed by atoms with Gasteiger partial charge in [0.05, 0.1) is 5.39 Å². The Balaban J connectivity index is 2.06.